The molecule has 1 aliphatic heterocycles. The molecule has 33 heavy (non-hydrogen) atoms. The number of nitrogens with one attached hydrogen (secondary N) is 3. The van der Waals surface area contributed by atoms with E-state index in [0.29, 0.717) is 23.1 Å². The van der Waals surface area contributed by atoms with E-state index in [0.717, 1.165) is 51.0 Å². The third-order valence-corrected chi connectivity index (χ3v) is 6.00. The molecule has 170 valence electrons. The number of aryl methyl sites for hydroxylation is 1. The molecule has 0 amide bonds. The molecule has 0 saturated carbocycles. The SMILES string of the molecule is Fc1ccccc1Nc1nc2cnc(NCCCc3ccccc3)nc2n1C1CCNCC1. The average Bonchev–Trinajstić information content (AvgIpc) is 3.21. The quantitative estimate of drug-likeness (QED) is 0.342. The second-order valence-electron chi connectivity index (χ2n) is 8.31. The van der Waals surface area contributed by atoms with Gasteiger partial charge in [-0.05, 0) is 56.5 Å². The van der Waals surface area contributed by atoms with Crippen LogP contribution in [0, 0.1) is 5.82 Å². The van der Waals surface area contributed by atoms with Crippen molar-refractivity contribution in [1.82, 2.24) is 24.8 Å². The maximum atomic E-state index is 14.3. The number of rotatable bonds is 8. The number of aromatic nitrogens is 4. The van der Waals surface area contributed by atoms with Gasteiger partial charge in [0.2, 0.25) is 11.9 Å². The highest BCUT2D eigenvalue weighted by Gasteiger charge is 2.23. The first-order valence-electron chi connectivity index (χ1n) is 11.5. The second kappa shape index (κ2) is 9.95. The topological polar surface area (TPSA) is 79.7 Å². The monoisotopic (exact) mass is 445 g/mol. The molecule has 0 atom stereocenters. The Morgan fingerprint density at radius 2 is 1.79 bits per heavy atom. The minimum atomic E-state index is -0.312. The molecule has 3 heterocycles. The van der Waals surface area contributed by atoms with Gasteiger partial charge in [0.15, 0.2) is 5.65 Å². The van der Waals surface area contributed by atoms with Crippen LogP contribution in [0.5, 0.6) is 0 Å². The minimum absolute atomic E-state index is 0.228. The van der Waals surface area contributed by atoms with Crippen molar-refractivity contribution in [3.05, 3.63) is 72.2 Å². The lowest BCUT2D eigenvalue weighted by Crippen LogP contribution is -2.30. The van der Waals surface area contributed by atoms with E-state index in [2.05, 4.69) is 49.8 Å². The number of halogens is 1. The number of nitrogens with zero attached hydrogens (tertiary/aromatic N) is 4. The van der Waals surface area contributed by atoms with Crippen LogP contribution in [-0.4, -0.2) is 39.2 Å². The maximum Gasteiger partial charge on any atom is 0.224 e. The summed E-state index contributed by atoms with van der Waals surface area (Å²) in [5, 5.41) is 9.94. The zero-order valence-electron chi connectivity index (χ0n) is 18.5. The lowest BCUT2D eigenvalue weighted by molar-refractivity contribution is 0.376. The van der Waals surface area contributed by atoms with Crippen LogP contribution >= 0.6 is 0 Å². The predicted octanol–water partition coefficient (Wildman–Crippen LogP) is 4.68. The van der Waals surface area contributed by atoms with Gasteiger partial charge in [-0.2, -0.15) is 4.98 Å². The van der Waals surface area contributed by atoms with Crippen molar-refractivity contribution >= 4 is 28.7 Å². The lowest BCUT2D eigenvalue weighted by Gasteiger charge is -2.26. The summed E-state index contributed by atoms with van der Waals surface area (Å²) in [4.78, 5) is 14.0. The third kappa shape index (κ3) is 4.96. The third-order valence-electron chi connectivity index (χ3n) is 6.00. The minimum Gasteiger partial charge on any atom is -0.354 e. The number of hydrogen-bond donors (Lipinski definition) is 3. The molecule has 0 unspecified atom stereocenters. The highest BCUT2D eigenvalue weighted by atomic mass is 19.1. The molecule has 1 fully saturated rings. The Hall–Kier alpha value is -3.52. The summed E-state index contributed by atoms with van der Waals surface area (Å²) in [6, 6.07) is 17.3. The van der Waals surface area contributed by atoms with E-state index < -0.39 is 0 Å². The lowest BCUT2D eigenvalue weighted by atomic mass is 10.1. The van der Waals surface area contributed by atoms with E-state index in [1.165, 1.54) is 11.6 Å². The molecule has 8 heteroatoms. The van der Waals surface area contributed by atoms with E-state index in [1.54, 1.807) is 24.4 Å². The van der Waals surface area contributed by atoms with Crippen molar-refractivity contribution in [2.75, 3.05) is 30.3 Å². The van der Waals surface area contributed by atoms with Crippen molar-refractivity contribution in [3.63, 3.8) is 0 Å². The summed E-state index contributed by atoms with van der Waals surface area (Å²) >= 11 is 0. The van der Waals surface area contributed by atoms with Gasteiger partial charge in [-0.3, -0.25) is 4.57 Å². The molecular formula is C25H28FN7. The van der Waals surface area contributed by atoms with Crippen molar-refractivity contribution in [1.29, 1.82) is 0 Å². The van der Waals surface area contributed by atoms with Gasteiger partial charge >= 0.3 is 0 Å². The summed E-state index contributed by atoms with van der Waals surface area (Å²) in [5.41, 5.74) is 3.18. The Bertz CT molecular complexity index is 1200. The van der Waals surface area contributed by atoms with Crippen LogP contribution in [0.2, 0.25) is 0 Å². The number of para-hydroxylation sites is 1. The smallest absolute Gasteiger partial charge is 0.224 e. The molecule has 0 aliphatic carbocycles. The predicted molar refractivity (Wildman–Crippen MR) is 129 cm³/mol. The fourth-order valence-corrected chi connectivity index (χ4v) is 4.30. The highest BCUT2D eigenvalue weighted by Crippen LogP contribution is 2.31. The molecule has 4 aromatic rings. The van der Waals surface area contributed by atoms with Gasteiger partial charge in [0, 0.05) is 12.6 Å². The molecule has 2 aromatic carbocycles. The first-order valence-corrected chi connectivity index (χ1v) is 11.5. The Kier molecular flexibility index (Phi) is 6.44. The van der Waals surface area contributed by atoms with Crippen LogP contribution in [0.4, 0.5) is 22.0 Å². The summed E-state index contributed by atoms with van der Waals surface area (Å²) in [6.45, 7) is 2.64. The van der Waals surface area contributed by atoms with Gasteiger partial charge < -0.3 is 16.0 Å². The number of piperidine rings is 1. The number of benzene rings is 2. The van der Waals surface area contributed by atoms with Crippen LogP contribution in [0.1, 0.15) is 30.9 Å². The van der Waals surface area contributed by atoms with Crippen molar-refractivity contribution in [2.45, 2.75) is 31.7 Å². The van der Waals surface area contributed by atoms with Gasteiger partial charge in [0.1, 0.15) is 11.3 Å². The molecule has 0 spiro atoms. The average molecular weight is 446 g/mol. The normalized spacial score (nSPS) is 14.5. The van der Waals surface area contributed by atoms with Crippen LogP contribution in [-0.2, 0) is 6.42 Å². The molecule has 1 aliphatic rings. The second-order valence-corrected chi connectivity index (χ2v) is 8.31. The highest BCUT2D eigenvalue weighted by molar-refractivity contribution is 5.76. The van der Waals surface area contributed by atoms with Gasteiger partial charge in [-0.25, -0.2) is 14.4 Å². The van der Waals surface area contributed by atoms with Crippen LogP contribution in [0.25, 0.3) is 11.2 Å². The van der Waals surface area contributed by atoms with E-state index in [1.807, 2.05) is 6.07 Å². The number of fused-ring (bicyclic) bond motifs is 1. The zero-order chi connectivity index (χ0) is 22.5. The van der Waals surface area contributed by atoms with Crippen LogP contribution < -0.4 is 16.0 Å². The van der Waals surface area contributed by atoms with Crippen LogP contribution in [0.15, 0.2) is 60.8 Å². The Balaban J connectivity index is 1.38. The van der Waals surface area contributed by atoms with Crippen molar-refractivity contribution < 1.29 is 4.39 Å². The summed E-state index contributed by atoms with van der Waals surface area (Å²) < 4.78 is 16.4. The van der Waals surface area contributed by atoms with Crippen molar-refractivity contribution in [3.8, 4) is 0 Å². The Morgan fingerprint density at radius 1 is 1.00 bits per heavy atom. The van der Waals surface area contributed by atoms with Crippen molar-refractivity contribution in [2.24, 2.45) is 0 Å². The van der Waals surface area contributed by atoms with E-state index in [-0.39, 0.29) is 11.9 Å². The molecule has 0 radical (unpaired) electrons. The summed E-state index contributed by atoms with van der Waals surface area (Å²) in [6.07, 6.45) is 5.65. The van der Waals surface area contributed by atoms with Gasteiger partial charge in [-0.15, -0.1) is 0 Å². The largest absolute Gasteiger partial charge is 0.354 e. The van der Waals surface area contributed by atoms with Gasteiger partial charge in [0.05, 0.1) is 11.9 Å². The van der Waals surface area contributed by atoms with Crippen LogP contribution in [0.3, 0.4) is 0 Å². The zero-order valence-corrected chi connectivity index (χ0v) is 18.5. The van der Waals surface area contributed by atoms with Gasteiger partial charge in [0.25, 0.3) is 0 Å². The number of hydrogen-bond acceptors (Lipinski definition) is 6. The molecule has 1 saturated heterocycles. The van der Waals surface area contributed by atoms with E-state index in [9.17, 15) is 4.39 Å². The number of anilines is 3. The standard InChI is InChI=1S/C25H28FN7/c26-20-10-4-5-11-21(20)30-25-31-22-17-29-24(28-14-6-9-18-7-2-1-3-8-18)32-23(22)33(25)19-12-15-27-16-13-19/h1-5,7-8,10-11,17,19,27H,6,9,12-16H2,(H,30,31)(H,28,29,32). The Morgan fingerprint density at radius 3 is 2.61 bits per heavy atom. The molecule has 5 rings (SSSR count). The molecule has 0 bridgehead atoms. The first-order chi connectivity index (χ1) is 16.3. The van der Waals surface area contributed by atoms with Gasteiger partial charge in [-0.1, -0.05) is 42.5 Å². The molecule has 3 N–H and O–H groups in total. The fourth-order valence-electron chi connectivity index (χ4n) is 4.30. The maximum absolute atomic E-state index is 14.3. The summed E-state index contributed by atoms with van der Waals surface area (Å²) in [5.74, 6) is 0.869. The molecular weight excluding hydrogens is 417 g/mol. The molecule has 2 aromatic heterocycles. The summed E-state index contributed by atoms with van der Waals surface area (Å²) in [7, 11) is 0. The van der Waals surface area contributed by atoms with E-state index in [4.69, 9.17) is 9.97 Å². The fraction of sp³-hybridized carbons (Fsp3) is 0.320. The number of imidazole rings is 1. The first kappa shape index (κ1) is 21.3. The van der Waals surface area contributed by atoms with E-state index >= 15 is 0 Å². The molecule has 7 nitrogen and oxygen atoms in total. The Labute approximate surface area is 192 Å².